The van der Waals surface area contributed by atoms with Crippen LogP contribution in [0, 0.1) is 6.92 Å². The van der Waals surface area contributed by atoms with Crippen molar-refractivity contribution < 1.29 is 9.63 Å². The third kappa shape index (κ3) is 1.34. The molecule has 0 aliphatic heterocycles. The topological polar surface area (TPSA) is 99.0 Å². The van der Waals surface area contributed by atoms with Crippen molar-refractivity contribution in [2.75, 3.05) is 0 Å². The molecule has 8 heteroatoms. The first-order valence-corrected chi connectivity index (χ1v) is 4.20. The highest BCUT2D eigenvalue weighted by atomic mass is 16.5. The van der Waals surface area contributed by atoms with E-state index in [0.29, 0.717) is 11.3 Å². The molecule has 0 aromatic carbocycles. The summed E-state index contributed by atoms with van der Waals surface area (Å²) in [5, 5.41) is 19.8. The first-order valence-electron chi connectivity index (χ1n) is 4.20. The van der Waals surface area contributed by atoms with Gasteiger partial charge in [-0.25, -0.2) is 4.79 Å². The molecule has 0 aliphatic carbocycles. The van der Waals surface area contributed by atoms with Crippen LogP contribution in [0.1, 0.15) is 11.3 Å². The molecule has 0 aliphatic rings. The van der Waals surface area contributed by atoms with Crippen LogP contribution >= 0.6 is 0 Å². The Morgan fingerprint density at radius 3 is 2.73 bits per heavy atom. The average molecular weight is 211 g/mol. The molecule has 0 bridgehead atoms. The molecule has 0 atom stereocenters. The van der Waals surface area contributed by atoms with E-state index in [1.54, 1.807) is 6.92 Å². The van der Waals surface area contributed by atoms with Crippen LogP contribution in [0.5, 0.6) is 0 Å². The zero-order chi connectivity index (χ0) is 11.0. The molecular formula is C7H9N5O3. The Labute approximate surface area is 83.7 Å². The van der Waals surface area contributed by atoms with Gasteiger partial charge in [-0.3, -0.25) is 0 Å². The Morgan fingerprint density at radius 2 is 2.20 bits per heavy atom. The molecule has 8 nitrogen and oxygen atoms in total. The van der Waals surface area contributed by atoms with E-state index in [-0.39, 0.29) is 12.5 Å². The number of tetrazole rings is 1. The molecule has 0 saturated carbocycles. The number of aliphatic hydroxyl groups is 1. The fourth-order valence-corrected chi connectivity index (χ4v) is 1.17. The van der Waals surface area contributed by atoms with Gasteiger partial charge in [-0.2, -0.15) is 4.68 Å². The van der Waals surface area contributed by atoms with Crippen molar-refractivity contribution in [3.8, 4) is 5.88 Å². The maximum absolute atomic E-state index is 11.5. The lowest BCUT2D eigenvalue weighted by Gasteiger charge is -1.94. The van der Waals surface area contributed by atoms with E-state index in [1.807, 2.05) is 0 Å². The Balaban J connectivity index is 2.64. The van der Waals surface area contributed by atoms with E-state index in [2.05, 4.69) is 15.6 Å². The van der Waals surface area contributed by atoms with Gasteiger partial charge in [0, 0.05) is 7.05 Å². The minimum atomic E-state index is -0.458. The van der Waals surface area contributed by atoms with Gasteiger partial charge in [-0.1, -0.05) is 5.16 Å². The van der Waals surface area contributed by atoms with E-state index in [0.717, 1.165) is 9.36 Å². The number of aryl methyl sites for hydroxylation is 2. The summed E-state index contributed by atoms with van der Waals surface area (Å²) < 4.78 is 6.91. The van der Waals surface area contributed by atoms with Crippen molar-refractivity contribution in [3.05, 3.63) is 21.7 Å². The average Bonchev–Trinajstić information content (AvgIpc) is 2.73. The number of aliphatic hydroxyl groups excluding tert-OH is 1. The lowest BCUT2D eigenvalue weighted by Crippen LogP contribution is -2.22. The summed E-state index contributed by atoms with van der Waals surface area (Å²) in [5.41, 5.74) is 0.489. The predicted molar refractivity (Wildman–Crippen MR) is 47.3 cm³/mol. The van der Waals surface area contributed by atoms with Gasteiger partial charge in [-0.05, 0) is 17.4 Å². The van der Waals surface area contributed by atoms with E-state index in [1.165, 1.54) is 7.05 Å². The molecular weight excluding hydrogens is 202 g/mol. The minimum absolute atomic E-state index is 0.105. The molecule has 1 N–H and O–H groups in total. The highest BCUT2D eigenvalue weighted by Gasteiger charge is 2.17. The van der Waals surface area contributed by atoms with Crippen LogP contribution in [0.3, 0.4) is 0 Å². The standard InChI is InChI=1S/C7H9N5O3/c1-4-5(3-13)6(15-8-4)12-7(14)11(2)9-10-12/h13H,3H2,1-2H3. The number of rotatable bonds is 2. The van der Waals surface area contributed by atoms with Crippen LogP contribution in [-0.4, -0.2) is 30.1 Å². The lowest BCUT2D eigenvalue weighted by molar-refractivity contribution is 0.278. The smallest absolute Gasteiger partial charge is 0.370 e. The summed E-state index contributed by atoms with van der Waals surface area (Å²) in [6, 6.07) is 0. The second-order valence-corrected chi connectivity index (χ2v) is 3.01. The number of nitrogens with zero attached hydrogens (tertiary/aromatic N) is 5. The van der Waals surface area contributed by atoms with Crippen molar-refractivity contribution in [2.45, 2.75) is 13.5 Å². The van der Waals surface area contributed by atoms with Crippen molar-refractivity contribution in [2.24, 2.45) is 7.05 Å². The Kier molecular flexibility index (Phi) is 2.12. The van der Waals surface area contributed by atoms with Crippen molar-refractivity contribution in [1.82, 2.24) is 24.9 Å². The van der Waals surface area contributed by atoms with E-state index in [4.69, 9.17) is 9.63 Å². The molecule has 0 unspecified atom stereocenters. The summed E-state index contributed by atoms with van der Waals surface area (Å²) in [6.07, 6.45) is 0. The van der Waals surface area contributed by atoms with Gasteiger partial charge in [0.2, 0.25) is 0 Å². The largest absolute Gasteiger partial charge is 0.391 e. The van der Waals surface area contributed by atoms with Gasteiger partial charge in [0.25, 0.3) is 5.88 Å². The molecule has 0 amide bonds. The number of aromatic nitrogens is 5. The molecule has 0 saturated heterocycles. The number of hydrogen-bond donors (Lipinski definition) is 1. The highest BCUT2D eigenvalue weighted by molar-refractivity contribution is 5.31. The quantitative estimate of drug-likeness (QED) is 0.666. The predicted octanol–water partition coefficient (Wildman–Crippen LogP) is -1.25. The monoisotopic (exact) mass is 211 g/mol. The van der Waals surface area contributed by atoms with E-state index < -0.39 is 5.69 Å². The SMILES string of the molecule is Cc1noc(-n2nnn(C)c2=O)c1CO. The molecule has 2 rings (SSSR count). The zero-order valence-corrected chi connectivity index (χ0v) is 8.21. The normalized spacial score (nSPS) is 10.9. The maximum atomic E-state index is 11.5. The molecule has 0 spiro atoms. The minimum Gasteiger partial charge on any atom is -0.391 e. The fraction of sp³-hybridized carbons (Fsp3) is 0.429. The molecule has 2 aromatic rings. The van der Waals surface area contributed by atoms with Crippen LogP contribution in [0.15, 0.2) is 9.32 Å². The first kappa shape index (κ1) is 9.59. The van der Waals surface area contributed by atoms with Gasteiger partial charge in [-0.15, -0.1) is 4.68 Å². The van der Waals surface area contributed by atoms with E-state index >= 15 is 0 Å². The summed E-state index contributed by atoms with van der Waals surface area (Å²) in [6.45, 7) is 1.40. The van der Waals surface area contributed by atoms with Gasteiger partial charge in [0.05, 0.1) is 17.9 Å². The Bertz CT molecular complexity index is 537. The fourth-order valence-electron chi connectivity index (χ4n) is 1.17. The lowest BCUT2D eigenvalue weighted by atomic mass is 10.2. The Morgan fingerprint density at radius 1 is 1.47 bits per heavy atom. The molecule has 0 fully saturated rings. The van der Waals surface area contributed by atoms with Crippen LogP contribution in [0.4, 0.5) is 0 Å². The van der Waals surface area contributed by atoms with Gasteiger partial charge < -0.3 is 9.63 Å². The maximum Gasteiger partial charge on any atom is 0.370 e. The van der Waals surface area contributed by atoms with Crippen LogP contribution in [0.25, 0.3) is 5.88 Å². The molecule has 0 radical (unpaired) electrons. The van der Waals surface area contributed by atoms with Crippen molar-refractivity contribution >= 4 is 0 Å². The number of hydrogen-bond acceptors (Lipinski definition) is 6. The van der Waals surface area contributed by atoms with Crippen molar-refractivity contribution in [1.29, 1.82) is 0 Å². The highest BCUT2D eigenvalue weighted by Crippen LogP contribution is 2.15. The van der Waals surface area contributed by atoms with Crippen LogP contribution in [0.2, 0.25) is 0 Å². The molecule has 80 valence electrons. The zero-order valence-electron chi connectivity index (χ0n) is 8.21. The second-order valence-electron chi connectivity index (χ2n) is 3.01. The molecule has 2 aromatic heterocycles. The summed E-state index contributed by atoms with van der Waals surface area (Å²) >= 11 is 0. The van der Waals surface area contributed by atoms with Crippen LogP contribution < -0.4 is 5.69 Å². The summed E-state index contributed by atoms with van der Waals surface area (Å²) in [5.74, 6) is 0.105. The summed E-state index contributed by atoms with van der Waals surface area (Å²) in [4.78, 5) is 11.5. The molecule has 2 heterocycles. The first-order chi connectivity index (χ1) is 7.15. The van der Waals surface area contributed by atoms with Gasteiger partial charge in [0.1, 0.15) is 0 Å². The van der Waals surface area contributed by atoms with Gasteiger partial charge >= 0.3 is 5.69 Å². The third-order valence-corrected chi connectivity index (χ3v) is 2.04. The van der Waals surface area contributed by atoms with Crippen LogP contribution in [-0.2, 0) is 13.7 Å². The second kappa shape index (κ2) is 3.31. The Hall–Kier alpha value is -1.96. The summed E-state index contributed by atoms with van der Waals surface area (Å²) in [7, 11) is 1.47. The molecule has 15 heavy (non-hydrogen) atoms. The van der Waals surface area contributed by atoms with Crippen molar-refractivity contribution in [3.63, 3.8) is 0 Å². The van der Waals surface area contributed by atoms with Gasteiger partial charge in [0.15, 0.2) is 0 Å². The van der Waals surface area contributed by atoms with E-state index in [9.17, 15) is 4.79 Å². The third-order valence-electron chi connectivity index (χ3n) is 2.04.